The van der Waals surface area contributed by atoms with E-state index < -0.39 is 0 Å². The van der Waals surface area contributed by atoms with Crippen LogP contribution in [0.1, 0.15) is 11.4 Å². The summed E-state index contributed by atoms with van der Waals surface area (Å²) in [6.07, 6.45) is 4.63. The molecule has 0 aromatic carbocycles. The van der Waals surface area contributed by atoms with E-state index in [9.17, 15) is 0 Å². The van der Waals surface area contributed by atoms with Gasteiger partial charge in [-0.1, -0.05) is 13.2 Å². The largest absolute Gasteiger partial charge is 0.369 e. The van der Waals surface area contributed by atoms with E-state index in [1.54, 1.807) is 12.3 Å². The first-order chi connectivity index (χ1) is 5.77. The highest BCUT2D eigenvalue weighted by Gasteiger charge is 2.00. The summed E-state index contributed by atoms with van der Waals surface area (Å²) in [6.45, 7) is 7.04. The Morgan fingerprint density at radius 1 is 1.50 bits per heavy atom. The van der Waals surface area contributed by atoms with E-state index in [0.29, 0.717) is 11.6 Å². The van der Waals surface area contributed by atoms with Gasteiger partial charge in [-0.2, -0.15) is 0 Å². The fourth-order valence-corrected chi connectivity index (χ4v) is 0.801. The Labute approximate surface area is 70.5 Å². The Morgan fingerprint density at radius 2 is 2.25 bits per heavy atom. The van der Waals surface area contributed by atoms with Crippen LogP contribution in [0.3, 0.4) is 0 Å². The van der Waals surface area contributed by atoms with Gasteiger partial charge in [0.15, 0.2) is 5.95 Å². The van der Waals surface area contributed by atoms with Crippen LogP contribution in [0.4, 0.5) is 5.95 Å². The van der Waals surface area contributed by atoms with Crippen LogP contribution in [-0.2, 0) is 0 Å². The summed E-state index contributed by atoms with van der Waals surface area (Å²) >= 11 is 0. The van der Waals surface area contributed by atoms with Crippen molar-refractivity contribution in [3.05, 3.63) is 30.7 Å². The molecule has 0 bridgehead atoms. The Hall–Kier alpha value is -1.84. The molecular formula is C8H10N4. The number of imidazole rings is 1. The van der Waals surface area contributed by atoms with Gasteiger partial charge < -0.3 is 10.7 Å². The number of H-pyrrole nitrogens is 1. The Morgan fingerprint density at radius 3 is 2.83 bits per heavy atom. The highest BCUT2D eigenvalue weighted by Crippen LogP contribution is 2.05. The van der Waals surface area contributed by atoms with Gasteiger partial charge in [0.1, 0.15) is 0 Å². The van der Waals surface area contributed by atoms with Crippen molar-refractivity contribution in [2.24, 2.45) is 4.99 Å². The number of aromatic amines is 1. The van der Waals surface area contributed by atoms with Gasteiger partial charge in [0.25, 0.3) is 0 Å². The van der Waals surface area contributed by atoms with Gasteiger partial charge in [-0.3, -0.25) is 4.99 Å². The van der Waals surface area contributed by atoms with Crippen molar-refractivity contribution in [2.75, 3.05) is 5.73 Å². The number of hydrogen-bond donors (Lipinski definition) is 2. The maximum absolute atomic E-state index is 5.42. The number of anilines is 1. The minimum Gasteiger partial charge on any atom is -0.369 e. The molecular weight excluding hydrogens is 152 g/mol. The van der Waals surface area contributed by atoms with Gasteiger partial charge in [0, 0.05) is 6.20 Å². The van der Waals surface area contributed by atoms with E-state index in [1.165, 1.54) is 6.20 Å². The smallest absolute Gasteiger partial charge is 0.198 e. The zero-order valence-corrected chi connectivity index (χ0v) is 6.62. The molecule has 4 nitrogen and oxygen atoms in total. The van der Waals surface area contributed by atoms with Crippen molar-refractivity contribution in [3.8, 4) is 0 Å². The Bertz CT molecular complexity index is 322. The summed E-state index contributed by atoms with van der Waals surface area (Å²) in [7, 11) is 0. The minimum atomic E-state index is 0.357. The molecule has 1 aromatic heterocycles. The molecule has 0 atom stereocenters. The van der Waals surface area contributed by atoms with Crippen molar-refractivity contribution in [3.63, 3.8) is 0 Å². The van der Waals surface area contributed by atoms with Crippen molar-refractivity contribution in [2.45, 2.75) is 0 Å². The monoisotopic (exact) mass is 162 g/mol. The Balaban J connectivity index is 3.04. The third-order valence-electron chi connectivity index (χ3n) is 1.28. The lowest BCUT2D eigenvalue weighted by atomic mass is 10.3. The minimum absolute atomic E-state index is 0.357. The number of rotatable bonds is 3. The molecule has 0 aliphatic carbocycles. The maximum atomic E-state index is 5.42. The molecule has 0 spiro atoms. The fraction of sp³-hybridized carbons (Fsp3) is 0. The summed E-state index contributed by atoms with van der Waals surface area (Å²) in [5.41, 5.74) is 6.86. The summed E-state index contributed by atoms with van der Waals surface area (Å²) in [5.74, 6) is 0.357. The molecule has 1 heterocycles. The van der Waals surface area contributed by atoms with Crippen LogP contribution in [0.2, 0.25) is 0 Å². The quantitative estimate of drug-likeness (QED) is 0.656. The highest BCUT2D eigenvalue weighted by molar-refractivity contribution is 5.83. The van der Waals surface area contributed by atoms with Crippen LogP contribution in [0.25, 0.3) is 6.08 Å². The molecule has 0 unspecified atom stereocenters. The average molecular weight is 162 g/mol. The lowest BCUT2D eigenvalue weighted by molar-refractivity contribution is 1.31. The van der Waals surface area contributed by atoms with Crippen molar-refractivity contribution < 1.29 is 0 Å². The van der Waals surface area contributed by atoms with Crippen LogP contribution in [0.15, 0.2) is 24.4 Å². The number of nitrogens with two attached hydrogens (primary N) is 1. The van der Waals surface area contributed by atoms with Gasteiger partial charge in [-0.15, -0.1) is 0 Å². The van der Waals surface area contributed by atoms with Crippen molar-refractivity contribution >= 4 is 18.2 Å². The molecule has 0 saturated carbocycles. The van der Waals surface area contributed by atoms with Gasteiger partial charge in [0.05, 0.1) is 17.6 Å². The first-order valence-corrected chi connectivity index (χ1v) is 3.40. The second-order valence-corrected chi connectivity index (χ2v) is 2.09. The summed E-state index contributed by atoms with van der Waals surface area (Å²) in [4.78, 5) is 10.6. The second-order valence-electron chi connectivity index (χ2n) is 2.09. The zero-order chi connectivity index (χ0) is 8.97. The second kappa shape index (κ2) is 3.52. The lowest BCUT2D eigenvalue weighted by Crippen LogP contribution is -1.86. The zero-order valence-electron chi connectivity index (χ0n) is 6.62. The van der Waals surface area contributed by atoms with Gasteiger partial charge >= 0.3 is 0 Å². The fourth-order valence-electron chi connectivity index (χ4n) is 0.801. The number of nitrogen functional groups attached to an aromatic ring is 1. The van der Waals surface area contributed by atoms with E-state index in [0.717, 1.165) is 5.69 Å². The molecule has 0 amide bonds. The van der Waals surface area contributed by atoms with Crippen LogP contribution < -0.4 is 5.73 Å². The molecule has 1 aromatic rings. The first kappa shape index (κ1) is 8.26. The van der Waals surface area contributed by atoms with Gasteiger partial charge in [-0.05, 0) is 6.08 Å². The third-order valence-corrected chi connectivity index (χ3v) is 1.28. The summed E-state index contributed by atoms with van der Waals surface area (Å²) in [6, 6.07) is 0. The normalized spacial score (nSPS) is 10.3. The molecule has 0 fully saturated rings. The average Bonchev–Trinajstić information content (AvgIpc) is 2.42. The van der Waals surface area contributed by atoms with Crippen LogP contribution >= 0.6 is 0 Å². The predicted molar refractivity (Wildman–Crippen MR) is 50.9 cm³/mol. The summed E-state index contributed by atoms with van der Waals surface area (Å²) < 4.78 is 0. The van der Waals surface area contributed by atoms with Crippen LogP contribution in [-0.4, -0.2) is 16.2 Å². The van der Waals surface area contributed by atoms with E-state index in [1.807, 2.05) is 0 Å². The molecule has 0 saturated heterocycles. The first-order valence-electron chi connectivity index (χ1n) is 3.40. The SMILES string of the molecule is C=CN=Cc1[nH]c(N)nc1C=C. The van der Waals surface area contributed by atoms with Gasteiger partial charge in [0.2, 0.25) is 0 Å². The number of aliphatic imine (C=N–C) groups is 1. The van der Waals surface area contributed by atoms with Crippen LogP contribution in [0.5, 0.6) is 0 Å². The third kappa shape index (κ3) is 1.60. The molecule has 12 heavy (non-hydrogen) atoms. The van der Waals surface area contributed by atoms with Crippen molar-refractivity contribution in [1.29, 1.82) is 0 Å². The molecule has 3 N–H and O–H groups in total. The summed E-state index contributed by atoms with van der Waals surface area (Å²) in [5, 5.41) is 0. The Kier molecular flexibility index (Phi) is 2.42. The number of hydrogen-bond acceptors (Lipinski definition) is 3. The van der Waals surface area contributed by atoms with E-state index in [4.69, 9.17) is 5.73 Å². The molecule has 0 aliphatic heterocycles. The molecule has 0 radical (unpaired) electrons. The molecule has 0 aliphatic rings. The van der Waals surface area contributed by atoms with E-state index in [-0.39, 0.29) is 0 Å². The molecule has 1 rings (SSSR count). The lowest BCUT2D eigenvalue weighted by Gasteiger charge is -1.85. The number of aromatic nitrogens is 2. The number of nitrogens with one attached hydrogen (secondary N) is 1. The predicted octanol–water partition coefficient (Wildman–Crippen LogP) is 1.20. The highest BCUT2D eigenvalue weighted by atomic mass is 15.0. The van der Waals surface area contributed by atoms with Crippen molar-refractivity contribution in [1.82, 2.24) is 9.97 Å². The van der Waals surface area contributed by atoms with E-state index in [2.05, 4.69) is 28.1 Å². The molecule has 4 heteroatoms. The topological polar surface area (TPSA) is 67.1 Å². The molecule has 62 valence electrons. The van der Waals surface area contributed by atoms with Crippen LogP contribution in [0, 0.1) is 0 Å². The standard InChI is InChI=1S/C8H10N4/c1-3-6-7(5-10-4-2)12-8(9)11-6/h3-5H,1-2H2,(H3,9,11,12). The maximum Gasteiger partial charge on any atom is 0.198 e. The van der Waals surface area contributed by atoms with Gasteiger partial charge in [-0.25, -0.2) is 4.98 Å². The van der Waals surface area contributed by atoms with E-state index >= 15 is 0 Å². The number of nitrogens with zero attached hydrogens (tertiary/aromatic N) is 2.